The van der Waals surface area contributed by atoms with Crippen LogP contribution in [0.3, 0.4) is 0 Å². The van der Waals surface area contributed by atoms with Gasteiger partial charge in [0, 0.05) is 63.8 Å². The van der Waals surface area contributed by atoms with E-state index in [9.17, 15) is 0 Å². The fourth-order valence-electron chi connectivity index (χ4n) is 11.4. The predicted molar refractivity (Wildman–Crippen MR) is 263 cm³/mol. The van der Waals surface area contributed by atoms with Crippen LogP contribution in [-0.2, 0) is 16.2 Å². The van der Waals surface area contributed by atoms with Crippen LogP contribution in [0.25, 0.3) is 44.8 Å². The summed E-state index contributed by atoms with van der Waals surface area (Å²) in [6, 6.07) is 69.4. The van der Waals surface area contributed by atoms with Crippen molar-refractivity contribution in [1.82, 2.24) is 4.98 Å². The second-order valence-corrected chi connectivity index (χ2v) is 20.7. The normalized spacial score (nSPS) is 15.9. The Morgan fingerprint density at radius 3 is 1.75 bits per heavy atom. The molecule has 0 unspecified atom stereocenters. The van der Waals surface area contributed by atoms with Gasteiger partial charge in [0.05, 0.1) is 16.8 Å². The van der Waals surface area contributed by atoms with E-state index in [1.807, 2.05) is 23.5 Å². The molecule has 0 saturated carbocycles. The number of benzene rings is 8. The van der Waals surface area contributed by atoms with Crippen molar-refractivity contribution in [1.29, 1.82) is 0 Å². The van der Waals surface area contributed by atoms with E-state index in [-0.39, 0.29) is 10.8 Å². The lowest BCUT2D eigenvalue weighted by Gasteiger charge is -2.37. The number of rotatable bonds is 4. The molecule has 64 heavy (non-hydrogen) atoms. The highest BCUT2D eigenvalue weighted by molar-refractivity contribution is 8.05. The molecule has 2 aliphatic heterocycles. The molecule has 1 aromatic heterocycles. The Labute approximate surface area is 383 Å². The quantitative estimate of drug-likeness (QED) is 0.176. The Hall–Kier alpha value is -6.59. The number of aromatic nitrogens is 1. The molecule has 2 aliphatic carbocycles. The van der Waals surface area contributed by atoms with Crippen molar-refractivity contribution in [2.45, 2.75) is 63.5 Å². The molecule has 4 aliphatic rings. The summed E-state index contributed by atoms with van der Waals surface area (Å²) in [4.78, 5) is 10.8. The summed E-state index contributed by atoms with van der Waals surface area (Å²) in [5.41, 5.74) is 18.2. The van der Waals surface area contributed by atoms with Crippen LogP contribution in [0.5, 0.6) is 11.5 Å². The minimum Gasteiger partial charge on any atom is -0.455 e. The second-order valence-electron chi connectivity index (χ2n) is 18.6. The maximum absolute atomic E-state index is 7.28. The van der Waals surface area contributed by atoms with E-state index in [0.717, 1.165) is 34.0 Å². The molecule has 0 saturated heterocycles. The first kappa shape index (κ1) is 37.9. The van der Waals surface area contributed by atoms with Crippen molar-refractivity contribution < 1.29 is 4.74 Å². The molecule has 2 nitrogen and oxygen atoms in total. The third-order valence-electron chi connectivity index (χ3n) is 14.5. The monoisotopic (exact) mass is 857 g/mol. The van der Waals surface area contributed by atoms with Crippen LogP contribution in [0.4, 0.5) is 0 Å². The minimum atomic E-state index is -0.545. The van der Waals surface area contributed by atoms with E-state index >= 15 is 0 Å². The average Bonchev–Trinajstić information content (AvgIpc) is 3.77. The Balaban J connectivity index is 0.984. The summed E-state index contributed by atoms with van der Waals surface area (Å²) in [6.07, 6.45) is 0. The van der Waals surface area contributed by atoms with Gasteiger partial charge in [0.1, 0.15) is 11.5 Å². The maximum atomic E-state index is 7.28. The molecule has 0 bridgehead atoms. The standard InChI is InChI=1S/C60H43NOS2/c1-58(2)42-23-12-11-21-39(42)53-43(58)31-32-46-56(53)62-55-41(22-15-24-45(55)59(46,3)4)49-26-16-25-48(61-49)36-29-30-40-47(35-36)60(37-17-7-5-8-18-37,38-19-9-6-10-20-38)44-33-34-52-57(54(40)44)64-51-28-14-13-27-50(51)63-52/h5-35H,1-4H3. The van der Waals surface area contributed by atoms with Crippen LogP contribution in [0.1, 0.15) is 72.2 Å². The molecule has 3 heterocycles. The molecule has 0 N–H and O–H groups in total. The molecule has 9 aromatic rings. The lowest BCUT2D eigenvalue weighted by Crippen LogP contribution is -2.28. The smallest absolute Gasteiger partial charge is 0.140 e. The van der Waals surface area contributed by atoms with Crippen LogP contribution in [-0.4, -0.2) is 4.98 Å². The van der Waals surface area contributed by atoms with Gasteiger partial charge in [-0.3, -0.25) is 0 Å². The number of hydrogen-bond acceptors (Lipinski definition) is 4. The Morgan fingerprint density at radius 2 is 0.969 bits per heavy atom. The van der Waals surface area contributed by atoms with Crippen LogP contribution in [0.15, 0.2) is 208 Å². The molecule has 0 radical (unpaired) electrons. The van der Waals surface area contributed by atoms with Crippen molar-refractivity contribution in [3.05, 3.63) is 233 Å². The molecular weight excluding hydrogens is 815 g/mol. The summed E-state index contributed by atoms with van der Waals surface area (Å²) in [7, 11) is 0. The summed E-state index contributed by atoms with van der Waals surface area (Å²) in [5.74, 6) is 1.86. The summed E-state index contributed by atoms with van der Waals surface area (Å²) >= 11 is 3.79. The zero-order valence-electron chi connectivity index (χ0n) is 36.1. The number of ether oxygens (including phenoxy) is 1. The van der Waals surface area contributed by atoms with Gasteiger partial charge in [0.15, 0.2) is 0 Å². The van der Waals surface area contributed by atoms with Crippen LogP contribution >= 0.6 is 23.5 Å². The summed E-state index contributed by atoms with van der Waals surface area (Å²) in [6.45, 7) is 9.33. The Bertz CT molecular complexity index is 3380. The topological polar surface area (TPSA) is 22.1 Å². The van der Waals surface area contributed by atoms with Crippen molar-refractivity contribution >= 4 is 23.5 Å². The summed E-state index contributed by atoms with van der Waals surface area (Å²) in [5, 5.41) is 0. The van der Waals surface area contributed by atoms with Crippen LogP contribution < -0.4 is 4.74 Å². The lowest BCUT2D eigenvalue weighted by molar-refractivity contribution is 0.420. The fourth-order valence-corrected chi connectivity index (χ4v) is 13.8. The second kappa shape index (κ2) is 13.7. The highest BCUT2D eigenvalue weighted by Crippen LogP contribution is 2.63. The van der Waals surface area contributed by atoms with E-state index in [2.05, 4.69) is 216 Å². The first-order valence-corrected chi connectivity index (χ1v) is 23.8. The predicted octanol–water partition coefficient (Wildman–Crippen LogP) is 16.1. The van der Waals surface area contributed by atoms with Gasteiger partial charge in [0.25, 0.3) is 0 Å². The van der Waals surface area contributed by atoms with Crippen molar-refractivity contribution in [3.63, 3.8) is 0 Å². The van der Waals surface area contributed by atoms with Crippen molar-refractivity contribution in [2.24, 2.45) is 0 Å². The molecule has 4 heteroatoms. The minimum absolute atomic E-state index is 0.122. The van der Waals surface area contributed by atoms with Gasteiger partial charge < -0.3 is 4.74 Å². The Kier molecular flexibility index (Phi) is 8.12. The molecule has 8 aromatic carbocycles. The van der Waals surface area contributed by atoms with E-state index in [1.54, 1.807) is 0 Å². The van der Waals surface area contributed by atoms with E-state index in [1.165, 1.54) is 86.3 Å². The van der Waals surface area contributed by atoms with Gasteiger partial charge in [-0.15, -0.1) is 0 Å². The number of pyridine rings is 1. The number of nitrogens with zero attached hydrogens (tertiary/aromatic N) is 1. The largest absolute Gasteiger partial charge is 0.455 e. The molecule has 306 valence electrons. The number of fused-ring (bicyclic) bond motifs is 12. The molecule has 0 amide bonds. The first-order valence-electron chi connectivity index (χ1n) is 22.2. The highest BCUT2D eigenvalue weighted by Gasteiger charge is 2.48. The molecule has 13 rings (SSSR count). The highest BCUT2D eigenvalue weighted by atomic mass is 32.2. The molecule has 0 atom stereocenters. The SMILES string of the molecule is CC1(C)c2cccc(-c3cccc(-c4ccc5c(c4)C(c4ccccc4)(c4ccccc4)c4ccc6c(c4-5)Sc4ccccc4S6)n3)c2Oc2c1ccc1c2-c2ccccc2C1(C)C. The average molecular weight is 858 g/mol. The van der Waals surface area contributed by atoms with Crippen molar-refractivity contribution in [3.8, 4) is 56.3 Å². The van der Waals surface area contributed by atoms with Crippen LogP contribution in [0, 0.1) is 0 Å². The maximum Gasteiger partial charge on any atom is 0.140 e. The zero-order valence-corrected chi connectivity index (χ0v) is 37.7. The third kappa shape index (κ3) is 5.15. The van der Waals surface area contributed by atoms with Crippen LogP contribution in [0.2, 0.25) is 0 Å². The third-order valence-corrected chi connectivity index (χ3v) is 17.1. The van der Waals surface area contributed by atoms with E-state index in [4.69, 9.17) is 9.72 Å². The summed E-state index contributed by atoms with van der Waals surface area (Å²) < 4.78 is 7.28. The van der Waals surface area contributed by atoms with Gasteiger partial charge in [-0.05, 0) is 87.0 Å². The molecular formula is C60H43NOS2. The van der Waals surface area contributed by atoms with Gasteiger partial charge in [-0.1, -0.05) is 197 Å². The van der Waals surface area contributed by atoms with Gasteiger partial charge in [-0.2, -0.15) is 0 Å². The van der Waals surface area contributed by atoms with E-state index < -0.39 is 5.41 Å². The van der Waals surface area contributed by atoms with Gasteiger partial charge in [-0.25, -0.2) is 4.98 Å². The van der Waals surface area contributed by atoms with Gasteiger partial charge in [0.2, 0.25) is 0 Å². The number of hydrogen-bond donors (Lipinski definition) is 0. The number of para-hydroxylation sites is 1. The fraction of sp³-hybridized carbons (Fsp3) is 0.117. The van der Waals surface area contributed by atoms with Crippen molar-refractivity contribution in [2.75, 3.05) is 0 Å². The molecule has 0 spiro atoms. The lowest BCUT2D eigenvalue weighted by atomic mass is 9.67. The Morgan fingerprint density at radius 1 is 0.391 bits per heavy atom. The van der Waals surface area contributed by atoms with E-state index in [0.29, 0.717) is 0 Å². The van der Waals surface area contributed by atoms with Gasteiger partial charge >= 0.3 is 0 Å². The molecule has 0 fully saturated rings. The zero-order chi connectivity index (χ0) is 43.0. The first-order chi connectivity index (χ1) is 31.2.